The van der Waals surface area contributed by atoms with Gasteiger partial charge in [-0.15, -0.1) is 0 Å². The molecular formula is C15H19N3O. The molecule has 1 aliphatic rings. The molecule has 0 aliphatic heterocycles. The van der Waals surface area contributed by atoms with E-state index in [4.69, 9.17) is 4.74 Å². The quantitative estimate of drug-likeness (QED) is 0.755. The van der Waals surface area contributed by atoms with Gasteiger partial charge in [0.2, 0.25) is 0 Å². The van der Waals surface area contributed by atoms with E-state index in [9.17, 15) is 0 Å². The number of nitrogens with zero attached hydrogens (tertiary/aromatic N) is 1. The number of fused-ring (bicyclic) bond motifs is 3. The maximum absolute atomic E-state index is 5.29. The minimum atomic E-state index is 0.608. The number of hydrogen-bond acceptors (Lipinski definition) is 3. The van der Waals surface area contributed by atoms with Gasteiger partial charge in [0.1, 0.15) is 5.75 Å². The van der Waals surface area contributed by atoms with Crippen molar-refractivity contribution in [2.75, 3.05) is 19.0 Å². The second kappa shape index (κ2) is 4.61. The van der Waals surface area contributed by atoms with Crippen LogP contribution in [0.1, 0.15) is 25.0 Å². The molecule has 3 rings (SSSR count). The fourth-order valence-corrected chi connectivity index (χ4v) is 2.47. The van der Waals surface area contributed by atoms with Crippen molar-refractivity contribution in [2.24, 2.45) is 5.92 Å². The van der Waals surface area contributed by atoms with Gasteiger partial charge >= 0.3 is 0 Å². The lowest BCUT2D eigenvalue weighted by molar-refractivity contribution is 0.415. The van der Waals surface area contributed by atoms with Crippen molar-refractivity contribution >= 4 is 5.82 Å². The highest BCUT2D eigenvalue weighted by Gasteiger charge is 2.24. The molecule has 0 saturated heterocycles. The molecule has 0 unspecified atom stereocenters. The summed E-state index contributed by atoms with van der Waals surface area (Å²) < 4.78 is 5.29. The Morgan fingerprint density at radius 3 is 3.00 bits per heavy atom. The number of H-pyrrole nitrogens is 1. The molecule has 0 fully saturated rings. The van der Waals surface area contributed by atoms with Gasteiger partial charge in [-0.3, -0.25) is 5.10 Å². The lowest BCUT2D eigenvalue weighted by atomic mass is 10.1. The molecule has 100 valence electrons. The summed E-state index contributed by atoms with van der Waals surface area (Å²) in [4.78, 5) is 0. The van der Waals surface area contributed by atoms with Crippen LogP contribution in [-0.2, 0) is 6.42 Å². The number of aromatic nitrogens is 2. The monoisotopic (exact) mass is 257 g/mol. The molecule has 0 bridgehead atoms. The summed E-state index contributed by atoms with van der Waals surface area (Å²) in [5, 5.41) is 11.0. The summed E-state index contributed by atoms with van der Waals surface area (Å²) in [7, 11) is 1.69. The zero-order chi connectivity index (χ0) is 13.4. The van der Waals surface area contributed by atoms with Crippen molar-refractivity contribution in [3.8, 4) is 17.0 Å². The van der Waals surface area contributed by atoms with E-state index in [-0.39, 0.29) is 0 Å². The molecule has 2 aromatic rings. The van der Waals surface area contributed by atoms with Gasteiger partial charge in [0.15, 0.2) is 5.82 Å². The Morgan fingerprint density at radius 2 is 2.26 bits per heavy atom. The molecule has 1 aromatic carbocycles. The van der Waals surface area contributed by atoms with Gasteiger partial charge < -0.3 is 10.1 Å². The summed E-state index contributed by atoms with van der Waals surface area (Å²) in [6.45, 7) is 5.33. The third-order valence-electron chi connectivity index (χ3n) is 3.50. The number of rotatable bonds is 4. The second-order valence-electron chi connectivity index (χ2n) is 5.40. The molecule has 1 heterocycles. The molecule has 1 aromatic heterocycles. The predicted molar refractivity (Wildman–Crippen MR) is 76.7 cm³/mol. The predicted octanol–water partition coefficient (Wildman–Crippen LogP) is 3.06. The first-order chi connectivity index (χ1) is 9.19. The van der Waals surface area contributed by atoms with Crippen molar-refractivity contribution < 1.29 is 4.74 Å². The summed E-state index contributed by atoms with van der Waals surface area (Å²) in [5.74, 6) is 2.48. The van der Waals surface area contributed by atoms with Crippen LogP contribution in [0.15, 0.2) is 18.2 Å². The minimum absolute atomic E-state index is 0.608. The van der Waals surface area contributed by atoms with Crippen LogP contribution < -0.4 is 10.1 Å². The zero-order valence-electron chi connectivity index (χ0n) is 11.6. The SMILES string of the molecule is COc1ccc2c(c1)-c1[nH]nc(NCC(C)C)c1C2. The van der Waals surface area contributed by atoms with E-state index in [1.54, 1.807) is 7.11 Å². The Balaban J connectivity index is 1.92. The molecular weight excluding hydrogens is 238 g/mol. The van der Waals surface area contributed by atoms with Gasteiger partial charge in [-0.1, -0.05) is 19.9 Å². The number of benzene rings is 1. The first-order valence-corrected chi connectivity index (χ1v) is 6.67. The molecule has 0 amide bonds. The Morgan fingerprint density at radius 1 is 1.42 bits per heavy atom. The normalized spacial score (nSPS) is 12.4. The standard InChI is InChI=1S/C15H19N3O/c1-9(2)8-16-15-13-6-10-4-5-11(19-3)7-12(10)14(13)17-18-15/h4-5,7,9H,6,8H2,1-3H3,(H2,16,17,18). The van der Waals surface area contributed by atoms with Crippen molar-refractivity contribution in [1.29, 1.82) is 0 Å². The molecule has 1 aliphatic carbocycles. The first-order valence-electron chi connectivity index (χ1n) is 6.67. The maximum atomic E-state index is 5.29. The number of hydrogen-bond donors (Lipinski definition) is 2. The number of ether oxygens (including phenoxy) is 1. The summed E-state index contributed by atoms with van der Waals surface area (Å²) >= 11 is 0. The summed E-state index contributed by atoms with van der Waals surface area (Å²) in [6.07, 6.45) is 0.936. The molecule has 0 atom stereocenters. The van der Waals surface area contributed by atoms with Crippen LogP contribution in [0.3, 0.4) is 0 Å². The highest BCUT2D eigenvalue weighted by Crippen LogP contribution is 2.40. The van der Waals surface area contributed by atoms with E-state index in [1.165, 1.54) is 16.7 Å². The van der Waals surface area contributed by atoms with Crippen LogP contribution in [0.4, 0.5) is 5.82 Å². The Hall–Kier alpha value is -1.97. The van der Waals surface area contributed by atoms with Gasteiger partial charge in [0, 0.05) is 24.1 Å². The lowest BCUT2D eigenvalue weighted by Gasteiger charge is -2.07. The molecule has 0 saturated carbocycles. The average molecular weight is 257 g/mol. The minimum Gasteiger partial charge on any atom is -0.497 e. The lowest BCUT2D eigenvalue weighted by Crippen LogP contribution is -2.09. The average Bonchev–Trinajstić information content (AvgIpc) is 2.94. The largest absolute Gasteiger partial charge is 0.497 e. The first kappa shape index (κ1) is 12.1. The number of methoxy groups -OCH3 is 1. The van der Waals surface area contributed by atoms with E-state index < -0.39 is 0 Å². The van der Waals surface area contributed by atoms with Crippen molar-refractivity contribution in [3.63, 3.8) is 0 Å². The van der Waals surface area contributed by atoms with E-state index >= 15 is 0 Å². The fourth-order valence-electron chi connectivity index (χ4n) is 2.47. The van der Waals surface area contributed by atoms with Gasteiger partial charge in [-0.25, -0.2) is 0 Å². The van der Waals surface area contributed by atoms with Crippen molar-refractivity contribution in [3.05, 3.63) is 29.3 Å². The van der Waals surface area contributed by atoms with Gasteiger partial charge in [0.25, 0.3) is 0 Å². The highest BCUT2D eigenvalue weighted by molar-refractivity contribution is 5.79. The maximum Gasteiger partial charge on any atom is 0.151 e. The number of aromatic amines is 1. The second-order valence-corrected chi connectivity index (χ2v) is 5.40. The number of anilines is 1. The van der Waals surface area contributed by atoms with E-state index in [0.29, 0.717) is 5.92 Å². The highest BCUT2D eigenvalue weighted by atomic mass is 16.5. The number of nitrogens with one attached hydrogen (secondary N) is 2. The molecule has 0 radical (unpaired) electrons. The zero-order valence-corrected chi connectivity index (χ0v) is 11.6. The van der Waals surface area contributed by atoms with Crippen molar-refractivity contribution in [1.82, 2.24) is 10.2 Å². The molecule has 4 nitrogen and oxygen atoms in total. The fraction of sp³-hybridized carbons (Fsp3) is 0.400. The third kappa shape index (κ3) is 2.07. The van der Waals surface area contributed by atoms with Gasteiger partial charge in [-0.2, -0.15) is 5.10 Å². The Bertz CT molecular complexity index is 601. The van der Waals surface area contributed by atoms with Crippen LogP contribution in [0.25, 0.3) is 11.3 Å². The van der Waals surface area contributed by atoms with Crippen LogP contribution in [0.5, 0.6) is 5.75 Å². The van der Waals surface area contributed by atoms with E-state index in [2.05, 4.69) is 41.5 Å². The summed E-state index contributed by atoms with van der Waals surface area (Å²) in [6, 6.07) is 6.22. The van der Waals surface area contributed by atoms with Crippen LogP contribution in [0, 0.1) is 5.92 Å². The third-order valence-corrected chi connectivity index (χ3v) is 3.50. The van der Waals surface area contributed by atoms with Crippen LogP contribution in [-0.4, -0.2) is 23.9 Å². The van der Waals surface area contributed by atoms with Crippen LogP contribution in [0.2, 0.25) is 0 Å². The van der Waals surface area contributed by atoms with Gasteiger partial charge in [0.05, 0.1) is 12.8 Å². The van der Waals surface area contributed by atoms with Crippen molar-refractivity contribution in [2.45, 2.75) is 20.3 Å². The Kier molecular flexibility index (Phi) is 2.93. The van der Waals surface area contributed by atoms with E-state index in [1.807, 2.05) is 6.07 Å². The molecule has 4 heteroatoms. The summed E-state index contributed by atoms with van der Waals surface area (Å²) in [5.41, 5.74) is 4.93. The van der Waals surface area contributed by atoms with Gasteiger partial charge in [-0.05, 0) is 23.6 Å². The molecule has 0 spiro atoms. The topological polar surface area (TPSA) is 49.9 Å². The Labute approximate surface area is 113 Å². The smallest absolute Gasteiger partial charge is 0.151 e. The molecule has 2 N–H and O–H groups in total. The van der Waals surface area contributed by atoms with E-state index in [0.717, 1.165) is 30.2 Å². The van der Waals surface area contributed by atoms with Crippen LogP contribution >= 0.6 is 0 Å². The molecule has 19 heavy (non-hydrogen) atoms.